The van der Waals surface area contributed by atoms with Gasteiger partial charge in [0.25, 0.3) is 11.1 Å². The molecule has 21 heavy (non-hydrogen) atoms. The summed E-state index contributed by atoms with van der Waals surface area (Å²) in [5.74, 6) is 0.807. The third-order valence-corrected chi connectivity index (χ3v) is 3.29. The van der Waals surface area contributed by atoms with Crippen LogP contribution in [-0.4, -0.2) is 11.6 Å². The molecule has 0 saturated heterocycles. The molecule has 2 aromatic carbocycles. The number of benzene rings is 2. The van der Waals surface area contributed by atoms with Gasteiger partial charge >= 0.3 is 0 Å². The molecule has 0 radical (unpaired) electrons. The summed E-state index contributed by atoms with van der Waals surface area (Å²) in [6.07, 6.45) is 0.796. The molecule has 1 aromatic heterocycles. The van der Waals surface area contributed by atoms with Gasteiger partial charge in [0, 0.05) is 12.0 Å². The van der Waals surface area contributed by atoms with Crippen molar-refractivity contribution in [3.63, 3.8) is 0 Å². The highest BCUT2D eigenvalue weighted by Gasteiger charge is 2.13. The van der Waals surface area contributed by atoms with Gasteiger partial charge in [0.15, 0.2) is 0 Å². The van der Waals surface area contributed by atoms with Crippen molar-refractivity contribution in [3.8, 4) is 17.3 Å². The Morgan fingerprint density at radius 3 is 2.33 bits per heavy atom. The van der Waals surface area contributed by atoms with Crippen LogP contribution in [0.1, 0.15) is 5.56 Å². The Kier molecular flexibility index (Phi) is 4.22. The van der Waals surface area contributed by atoms with Crippen LogP contribution in [0.3, 0.4) is 0 Å². The van der Waals surface area contributed by atoms with Crippen molar-refractivity contribution < 1.29 is 9.15 Å². The molecule has 0 atom stereocenters. The lowest BCUT2D eigenvalue weighted by Gasteiger charge is -2.02. The molecule has 0 saturated carbocycles. The fourth-order valence-corrected chi connectivity index (χ4v) is 2.16. The molecule has 0 N–H and O–H groups in total. The van der Waals surface area contributed by atoms with Crippen molar-refractivity contribution in [3.05, 3.63) is 71.4 Å². The summed E-state index contributed by atoms with van der Waals surface area (Å²) < 4.78 is 11.0. The van der Waals surface area contributed by atoms with Crippen LogP contribution in [0.2, 0.25) is 5.22 Å². The molecule has 106 valence electrons. The molecule has 3 aromatic rings. The number of hydrogen-bond donors (Lipinski definition) is 0. The molecule has 1 heterocycles. The second kappa shape index (κ2) is 6.46. The van der Waals surface area contributed by atoms with E-state index in [4.69, 9.17) is 20.8 Å². The minimum atomic E-state index is 0.182. The maximum absolute atomic E-state index is 6.02. The third kappa shape index (κ3) is 3.44. The molecule has 0 aliphatic carbocycles. The van der Waals surface area contributed by atoms with Gasteiger partial charge in [0.1, 0.15) is 0 Å². The maximum Gasteiger partial charge on any atom is 0.273 e. The van der Waals surface area contributed by atoms with Gasteiger partial charge in [-0.05, 0) is 29.3 Å². The van der Waals surface area contributed by atoms with Crippen molar-refractivity contribution in [2.24, 2.45) is 0 Å². The summed E-state index contributed by atoms with van der Waals surface area (Å²) in [6.45, 7) is 0.504. The van der Waals surface area contributed by atoms with Gasteiger partial charge in [0.05, 0.1) is 6.61 Å². The SMILES string of the molecule is Clc1oc(-c2ccccc2)nc1OCCc1ccccc1. The van der Waals surface area contributed by atoms with Gasteiger partial charge in [-0.2, -0.15) is 4.98 Å². The molecule has 3 nitrogen and oxygen atoms in total. The summed E-state index contributed by atoms with van der Waals surface area (Å²) in [6, 6.07) is 19.7. The fourth-order valence-electron chi connectivity index (χ4n) is 1.99. The summed E-state index contributed by atoms with van der Waals surface area (Å²) in [7, 11) is 0. The van der Waals surface area contributed by atoms with E-state index in [2.05, 4.69) is 17.1 Å². The number of halogens is 1. The van der Waals surface area contributed by atoms with Crippen LogP contribution in [0, 0.1) is 0 Å². The number of oxazole rings is 1. The number of ether oxygens (including phenoxy) is 1. The molecule has 0 bridgehead atoms. The maximum atomic E-state index is 6.02. The van der Waals surface area contributed by atoms with Crippen LogP contribution in [-0.2, 0) is 6.42 Å². The molecular formula is C17H14ClNO2. The van der Waals surface area contributed by atoms with Crippen LogP contribution in [0.5, 0.6) is 5.88 Å². The second-order valence-corrected chi connectivity index (χ2v) is 4.89. The van der Waals surface area contributed by atoms with E-state index in [1.807, 2.05) is 48.5 Å². The van der Waals surface area contributed by atoms with E-state index in [-0.39, 0.29) is 5.22 Å². The monoisotopic (exact) mass is 299 g/mol. The first-order valence-electron chi connectivity index (χ1n) is 6.71. The van der Waals surface area contributed by atoms with Crippen LogP contribution in [0.15, 0.2) is 65.1 Å². The number of rotatable bonds is 5. The smallest absolute Gasteiger partial charge is 0.273 e. The predicted molar refractivity (Wildman–Crippen MR) is 82.6 cm³/mol. The zero-order valence-electron chi connectivity index (χ0n) is 11.3. The Morgan fingerprint density at radius 1 is 0.952 bits per heavy atom. The normalized spacial score (nSPS) is 10.5. The number of nitrogens with zero attached hydrogens (tertiary/aromatic N) is 1. The molecule has 0 aliphatic heterocycles. The number of hydrogen-bond acceptors (Lipinski definition) is 3. The van der Waals surface area contributed by atoms with Gasteiger partial charge < -0.3 is 9.15 Å². The average molecular weight is 300 g/mol. The molecule has 4 heteroatoms. The Morgan fingerprint density at radius 2 is 1.62 bits per heavy atom. The van der Waals surface area contributed by atoms with E-state index in [1.165, 1.54) is 5.56 Å². The highest BCUT2D eigenvalue weighted by atomic mass is 35.5. The molecule has 0 fully saturated rings. The summed E-state index contributed by atoms with van der Waals surface area (Å²) >= 11 is 6.02. The van der Waals surface area contributed by atoms with Gasteiger partial charge in [-0.1, -0.05) is 48.5 Å². The molecule has 0 spiro atoms. The van der Waals surface area contributed by atoms with E-state index in [9.17, 15) is 0 Å². The van der Waals surface area contributed by atoms with E-state index in [1.54, 1.807) is 0 Å². The van der Waals surface area contributed by atoms with Crippen LogP contribution >= 0.6 is 11.6 Å². The lowest BCUT2D eigenvalue weighted by Crippen LogP contribution is -2.01. The van der Waals surface area contributed by atoms with Crippen LogP contribution in [0.25, 0.3) is 11.5 Å². The summed E-state index contributed by atoms with van der Waals surface area (Å²) in [5, 5.41) is 0.182. The topological polar surface area (TPSA) is 35.3 Å². The zero-order valence-corrected chi connectivity index (χ0v) is 12.1. The first kappa shape index (κ1) is 13.7. The van der Waals surface area contributed by atoms with Crippen LogP contribution in [0.4, 0.5) is 0 Å². The van der Waals surface area contributed by atoms with Gasteiger partial charge in [-0.3, -0.25) is 0 Å². The van der Waals surface area contributed by atoms with E-state index < -0.39 is 0 Å². The van der Waals surface area contributed by atoms with Gasteiger partial charge in [0.2, 0.25) is 5.89 Å². The first-order chi connectivity index (χ1) is 10.3. The van der Waals surface area contributed by atoms with Crippen molar-refractivity contribution in [2.45, 2.75) is 6.42 Å². The van der Waals surface area contributed by atoms with Crippen molar-refractivity contribution in [2.75, 3.05) is 6.61 Å². The van der Waals surface area contributed by atoms with Crippen molar-refractivity contribution in [1.82, 2.24) is 4.98 Å². The minimum absolute atomic E-state index is 0.182. The second-order valence-electron chi connectivity index (χ2n) is 4.55. The first-order valence-corrected chi connectivity index (χ1v) is 7.09. The molecular weight excluding hydrogens is 286 g/mol. The quantitative estimate of drug-likeness (QED) is 0.690. The lowest BCUT2D eigenvalue weighted by atomic mass is 10.2. The number of aromatic nitrogens is 1. The average Bonchev–Trinajstić information content (AvgIpc) is 2.91. The highest BCUT2D eigenvalue weighted by Crippen LogP contribution is 2.30. The minimum Gasteiger partial charge on any atom is -0.474 e. The summed E-state index contributed by atoms with van der Waals surface area (Å²) in [4.78, 5) is 4.29. The Hall–Kier alpha value is -2.26. The van der Waals surface area contributed by atoms with E-state index in [0.717, 1.165) is 12.0 Å². The molecule has 0 amide bonds. The Labute approximate surface area is 128 Å². The van der Waals surface area contributed by atoms with Crippen molar-refractivity contribution >= 4 is 11.6 Å². The zero-order chi connectivity index (χ0) is 14.5. The summed E-state index contributed by atoms with van der Waals surface area (Å²) in [5.41, 5.74) is 2.08. The highest BCUT2D eigenvalue weighted by molar-refractivity contribution is 6.30. The van der Waals surface area contributed by atoms with Gasteiger partial charge in [-0.25, -0.2) is 0 Å². The fraction of sp³-hybridized carbons (Fsp3) is 0.118. The largest absolute Gasteiger partial charge is 0.474 e. The Balaban J connectivity index is 1.65. The molecule has 0 unspecified atom stereocenters. The third-order valence-electron chi connectivity index (χ3n) is 3.05. The van der Waals surface area contributed by atoms with E-state index in [0.29, 0.717) is 18.4 Å². The van der Waals surface area contributed by atoms with Gasteiger partial charge in [-0.15, -0.1) is 0 Å². The van der Waals surface area contributed by atoms with Crippen molar-refractivity contribution in [1.29, 1.82) is 0 Å². The molecule has 3 rings (SSSR count). The molecule has 0 aliphatic rings. The van der Waals surface area contributed by atoms with E-state index >= 15 is 0 Å². The Bertz CT molecular complexity index is 695. The lowest BCUT2D eigenvalue weighted by molar-refractivity contribution is 0.309. The predicted octanol–water partition coefficient (Wildman–Crippen LogP) is 4.62. The van der Waals surface area contributed by atoms with Crippen LogP contribution < -0.4 is 4.74 Å². The standard InChI is InChI=1S/C17H14ClNO2/c18-15-17(20-12-11-13-7-3-1-4-8-13)19-16(21-15)14-9-5-2-6-10-14/h1-10H,11-12H2.